The maximum absolute atomic E-state index is 13.9. The monoisotopic (exact) mass is 401 g/mol. The van der Waals surface area contributed by atoms with Gasteiger partial charge < -0.3 is 14.1 Å². The molecule has 0 saturated heterocycles. The first kappa shape index (κ1) is 18.5. The van der Waals surface area contributed by atoms with E-state index in [1.807, 2.05) is 0 Å². The molecule has 0 radical (unpaired) electrons. The molecule has 3 aromatic rings. The van der Waals surface area contributed by atoms with Crippen LogP contribution in [0.15, 0.2) is 52.9 Å². The first-order chi connectivity index (χ1) is 13.5. The number of halogens is 2. The Morgan fingerprint density at radius 3 is 2.71 bits per heavy atom. The molecule has 1 aliphatic carbocycles. The summed E-state index contributed by atoms with van der Waals surface area (Å²) in [5, 5.41) is 1.20. The number of amides is 1. The molecule has 1 saturated carbocycles. The molecule has 0 bridgehead atoms. The van der Waals surface area contributed by atoms with Gasteiger partial charge in [0.15, 0.2) is 6.61 Å². The lowest BCUT2D eigenvalue weighted by atomic mass is 10.2. The molecular weight excluding hydrogens is 385 g/mol. The summed E-state index contributed by atoms with van der Waals surface area (Å²) in [5.74, 6) is -1.46. The average molecular weight is 402 g/mol. The Labute approximate surface area is 165 Å². The van der Waals surface area contributed by atoms with Gasteiger partial charge in [0.2, 0.25) is 5.76 Å². The summed E-state index contributed by atoms with van der Waals surface area (Å²) in [6.45, 7) is -0.279. The predicted molar refractivity (Wildman–Crippen MR) is 101 cm³/mol. The fraction of sp³-hybridized carbons (Fsp3) is 0.238. The second-order valence-corrected chi connectivity index (χ2v) is 7.15. The fourth-order valence-electron chi connectivity index (χ4n) is 3.01. The number of hydrogen-bond donors (Lipinski definition) is 0. The Kier molecular flexibility index (Phi) is 5.05. The molecule has 0 atom stereocenters. The van der Waals surface area contributed by atoms with Crippen molar-refractivity contribution >= 4 is 34.4 Å². The van der Waals surface area contributed by atoms with E-state index in [0.717, 1.165) is 12.8 Å². The lowest BCUT2D eigenvalue weighted by Crippen LogP contribution is -2.36. The van der Waals surface area contributed by atoms with E-state index in [1.165, 1.54) is 12.1 Å². The maximum atomic E-state index is 13.9. The third kappa shape index (κ3) is 4.02. The highest BCUT2D eigenvalue weighted by atomic mass is 35.5. The van der Waals surface area contributed by atoms with Gasteiger partial charge in [-0.1, -0.05) is 29.8 Å². The Bertz CT molecular complexity index is 1040. The zero-order valence-corrected chi connectivity index (χ0v) is 15.6. The van der Waals surface area contributed by atoms with Gasteiger partial charge in [-0.3, -0.25) is 4.79 Å². The van der Waals surface area contributed by atoms with E-state index in [2.05, 4.69) is 0 Å². The molecule has 1 aliphatic rings. The van der Waals surface area contributed by atoms with E-state index in [0.29, 0.717) is 21.6 Å². The van der Waals surface area contributed by atoms with Crippen LogP contribution in [0.5, 0.6) is 0 Å². The minimum atomic E-state index is -0.734. The number of fused-ring (bicyclic) bond motifs is 1. The molecule has 28 heavy (non-hydrogen) atoms. The Hall–Kier alpha value is -2.86. The van der Waals surface area contributed by atoms with Gasteiger partial charge in [-0.2, -0.15) is 0 Å². The van der Waals surface area contributed by atoms with Crippen molar-refractivity contribution in [3.63, 3.8) is 0 Å². The molecule has 0 aliphatic heterocycles. The highest BCUT2D eigenvalue weighted by Gasteiger charge is 2.33. The summed E-state index contributed by atoms with van der Waals surface area (Å²) >= 11 is 5.92. The molecule has 144 valence electrons. The lowest BCUT2D eigenvalue weighted by Gasteiger charge is -2.22. The van der Waals surface area contributed by atoms with Crippen LogP contribution in [-0.2, 0) is 16.1 Å². The van der Waals surface area contributed by atoms with Crippen LogP contribution in [0.2, 0.25) is 5.02 Å². The molecule has 2 aromatic carbocycles. The molecule has 0 unspecified atom stereocenters. The van der Waals surface area contributed by atoms with Crippen molar-refractivity contribution in [2.24, 2.45) is 0 Å². The number of carbonyl (C=O) groups excluding carboxylic acids is 2. The largest absolute Gasteiger partial charge is 0.450 e. The summed E-state index contributed by atoms with van der Waals surface area (Å²) < 4.78 is 24.5. The average Bonchev–Trinajstić information content (AvgIpc) is 3.43. The maximum Gasteiger partial charge on any atom is 0.374 e. The Morgan fingerprint density at radius 2 is 1.96 bits per heavy atom. The van der Waals surface area contributed by atoms with Gasteiger partial charge >= 0.3 is 5.97 Å². The highest BCUT2D eigenvalue weighted by molar-refractivity contribution is 6.31. The van der Waals surface area contributed by atoms with Crippen LogP contribution in [-0.4, -0.2) is 29.4 Å². The first-order valence-electron chi connectivity index (χ1n) is 8.90. The SMILES string of the molecule is O=C(OCC(=O)N(Cc1ccccc1F)C1CC1)c1cc2cc(Cl)ccc2o1. The van der Waals surface area contributed by atoms with Gasteiger partial charge in [-0.15, -0.1) is 0 Å². The summed E-state index contributed by atoms with van der Waals surface area (Å²) in [4.78, 5) is 26.4. The number of carbonyl (C=O) groups is 2. The number of ether oxygens (including phenoxy) is 1. The van der Waals surface area contributed by atoms with E-state index in [9.17, 15) is 14.0 Å². The lowest BCUT2D eigenvalue weighted by molar-refractivity contribution is -0.135. The molecule has 1 heterocycles. The molecule has 1 amide bonds. The Morgan fingerprint density at radius 1 is 1.18 bits per heavy atom. The van der Waals surface area contributed by atoms with Gasteiger partial charge in [0.1, 0.15) is 11.4 Å². The number of hydrogen-bond acceptors (Lipinski definition) is 4. The molecule has 5 nitrogen and oxygen atoms in total. The van der Waals surface area contributed by atoms with Crippen molar-refractivity contribution in [3.05, 3.63) is 70.7 Å². The smallest absolute Gasteiger partial charge is 0.374 e. The van der Waals surface area contributed by atoms with Gasteiger partial charge in [-0.25, -0.2) is 9.18 Å². The molecule has 1 aromatic heterocycles. The zero-order valence-electron chi connectivity index (χ0n) is 14.9. The van der Waals surface area contributed by atoms with Crippen LogP contribution in [0.25, 0.3) is 11.0 Å². The van der Waals surface area contributed by atoms with Crippen molar-refractivity contribution in [3.8, 4) is 0 Å². The van der Waals surface area contributed by atoms with Crippen LogP contribution in [0, 0.1) is 5.82 Å². The molecular formula is C21H17ClFNO4. The van der Waals surface area contributed by atoms with Crippen molar-refractivity contribution in [2.45, 2.75) is 25.4 Å². The van der Waals surface area contributed by atoms with Crippen molar-refractivity contribution in [1.82, 2.24) is 4.90 Å². The van der Waals surface area contributed by atoms with Crippen LogP contribution in [0.1, 0.15) is 29.0 Å². The molecule has 0 spiro atoms. The van der Waals surface area contributed by atoms with E-state index >= 15 is 0 Å². The Balaban J connectivity index is 1.41. The van der Waals surface area contributed by atoms with E-state index in [-0.39, 0.29) is 30.1 Å². The summed E-state index contributed by atoms with van der Waals surface area (Å²) in [7, 11) is 0. The summed E-state index contributed by atoms with van der Waals surface area (Å²) in [6, 6.07) is 12.9. The predicted octanol–water partition coefficient (Wildman–Crippen LogP) is 4.57. The third-order valence-electron chi connectivity index (χ3n) is 4.61. The van der Waals surface area contributed by atoms with E-state index < -0.39 is 12.6 Å². The van der Waals surface area contributed by atoms with Crippen LogP contribution in [0.4, 0.5) is 4.39 Å². The van der Waals surface area contributed by atoms with E-state index in [1.54, 1.807) is 41.3 Å². The number of rotatable bonds is 6. The quantitative estimate of drug-likeness (QED) is 0.567. The second-order valence-electron chi connectivity index (χ2n) is 6.71. The van der Waals surface area contributed by atoms with Gasteiger partial charge in [0.05, 0.1) is 0 Å². The highest BCUT2D eigenvalue weighted by Crippen LogP contribution is 2.29. The fourth-order valence-corrected chi connectivity index (χ4v) is 3.19. The normalized spacial score (nSPS) is 13.5. The number of furan rings is 1. The van der Waals surface area contributed by atoms with Crippen LogP contribution >= 0.6 is 11.6 Å². The second kappa shape index (κ2) is 7.64. The zero-order chi connectivity index (χ0) is 19.7. The molecule has 0 N–H and O–H groups in total. The van der Waals surface area contributed by atoms with Gasteiger partial charge in [-0.05, 0) is 43.2 Å². The molecule has 7 heteroatoms. The van der Waals surface area contributed by atoms with Crippen molar-refractivity contribution < 1.29 is 23.1 Å². The number of esters is 1. The standard InChI is InChI=1S/C21H17ClFNO4/c22-15-5-8-18-14(9-15)10-19(28-18)21(26)27-12-20(25)24(16-6-7-16)11-13-3-1-2-4-17(13)23/h1-5,8-10,16H,6-7,11-12H2. The third-order valence-corrected chi connectivity index (χ3v) is 4.85. The molecule has 1 fully saturated rings. The van der Waals surface area contributed by atoms with E-state index in [4.69, 9.17) is 20.8 Å². The summed E-state index contributed by atoms with van der Waals surface area (Å²) in [6.07, 6.45) is 1.72. The number of benzene rings is 2. The van der Waals surface area contributed by atoms with Gasteiger partial charge in [0.25, 0.3) is 5.91 Å². The topological polar surface area (TPSA) is 59.8 Å². The van der Waals surface area contributed by atoms with Crippen LogP contribution < -0.4 is 0 Å². The van der Waals surface area contributed by atoms with Crippen molar-refractivity contribution in [2.75, 3.05) is 6.61 Å². The molecule has 4 rings (SSSR count). The van der Waals surface area contributed by atoms with Crippen molar-refractivity contribution in [1.29, 1.82) is 0 Å². The number of nitrogens with zero attached hydrogens (tertiary/aromatic N) is 1. The van der Waals surface area contributed by atoms with Gasteiger partial charge in [0, 0.05) is 28.6 Å². The minimum absolute atomic E-state index is 0.00265. The first-order valence-corrected chi connectivity index (χ1v) is 9.28. The summed E-state index contributed by atoms with van der Waals surface area (Å²) in [5.41, 5.74) is 0.935. The minimum Gasteiger partial charge on any atom is -0.450 e. The van der Waals surface area contributed by atoms with Crippen LogP contribution in [0.3, 0.4) is 0 Å².